The number of para-hydroxylation sites is 1. The van der Waals surface area contributed by atoms with Crippen LogP contribution in [0.5, 0.6) is 5.75 Å². The number of benzene rings is 2. The van der Waals surface area contributed by atoms with E-state index in [4.69, 9.17) is 4.74 Å². The van der Waals surface area contributed by atoms with Crippen molar-refractivity contribution in [2.24, 2.45) is 0 Å². The Balaban J connectivity index is 1.45. The van der Waals surface area contributed by atoms with Crippen molar-refractivity contribution in [1.82, 2.24) is 10.2 Å². The van der Waals surface area contributed by atoms with Crippen LogP contribution in [0.1, 0.15) is 36.0 Å². The van der Waals surface area contributed by atoms with Gasteiger partial charge in [0.25, 0.3) is 0 Å². The van der Waals surface area contributed by atoms with Crippen molar-refractivity contribution < 1.29 is 9.53 Å². The Labute approximate surface area is 156 Å². The molecule has 138 valence electrons. The lowest BCUT2D eigenvalue weighted by molar-refractivity contribution is -0.127. The molecule has 2 aromatic rings. The van der Waals surface area contributed by atoms with Crippen molar-refractivity contribution in [3.8, 4) is 5.75 Å². The largest absolute Gasteiger partial charge is 0.489 e. The third-order valence-electron chi connectivity index (χ3n) is 4.89. The van der Waals surface area contributed by atoms with Gasteiger partial charge in [0.05, 0.1) is 0 Å². The van der Waals surface area contributed by atoms with Gasteiger partial charge in [0.1, 0.15) is 12.4 Å². The number of hydrogen-bond donors (Lipinski definition) is 1. The summed E-state index contributed by atoms with van der Waals surface area (Å²) >= 11 is 0. The average molecular weight is 352 g/mol. The fraction of sp³-hybridized carbons (Fsp3) is 0.409. The molecule has 2 aromatic carbocycles. The third kappa shape index (κ3) is 5.09. The number of carbonyl (C=O) groups excluding carboxylic acids is 1. The molecule has 0 radical (unpaired) electrons. The van der Waals surface area contributed by atoms with Gasteiger partial charge >= 0.3 is 0 Å². The summed E-state index contributed by atoms with van der Waals surface area (Å²) in [7, 11) is 0. The number of nitrogens with zero attached hydrogens (tertiary/aromatic N) is 1. The summed E-state index contributed by atoms with van der Waals surface area (Å²) in [5, 5.41) is 3.47. The van der Waals surface area contributed by atoms with E-state index in [-0.39, 0.29) is 0 Å². The summed E-state index contributed by atoms with van der Waals surface area (Å²) in [5.41, 5.74) is 3.63. The molecule has 1 N–H and O–H groups in total. The number of rotatable bonds is 9. The fourth-order valence-electron chi connectivity index (χ4n) is 3.28. The lowest BCUT2D eigenvalue weighted by Crippen LogP contribution is -2.28. The van der Waals surface area contributed by atoms with Crippen molar-refractivity contribution in [3.05, 3.63) is 65.2 Å². The van der Waals surface area contributed by atoms with Crippen LogP contribution in [-0.4, -0.2) is 30.4 Å². The summed E-state index contributed by atoms with van der Waals surface area (Å²) in [5.74, 6) is 1.23. The quantitative estimate of drug-likeness (QED) is 0.700. The smallest absolute Gasteiger partial charge is 0.222 e. The van der Waals surface area contributed by atoms with E-state index in [9.17, 15) is 4.79 Å². The highest BCUT2D eigenvalue weighted by molar-refractivity contribution is 5.77. The van der Waals surface area contributed by atoms with Gasteiger partial charge in [0.2, 0.25) is 5.91 Å². The third-order valence-corrected chi connectivity index (χ3v) is 4.89. The van der Waals surface area contributed by atoms with Crippen LogP contribution in [0.2, 0.25) is 0 Å². The molecule has 0 unspecified atom stereocenters. The Morgan fingerprint density at radius 2 is 1.85 bits per heavy atom. The van der Waals surface area contributed by atoms with Gasteiger partial charge in [-0.25, -0.2) is 0 Å². The van der Waals surface area contributed by atoms with Gasteiger partial charge in [-0.1, -0.05) is 42.5 Å². The zero-order valence-electron chi connectivity index (χ0n) is 15.5. The van der Waals surface area contributed by atoms with E-state index in [0.717, 1.165) is 51.2 Å². The molecular weight excluding hydrogens is 324 g/mol. The zero-order chi connectivity index (χ0) is 18.2. The van der Waals surface area contributed by atoms with E-state index in [1.165, 1.54) is 16.7 Å². The van der Waals surface area contributed by atoms with E-state index < -0.39 is 0 Å². The average Bonchev–Trinajstić information content (AvgIpc) is 3.06. The molecule has 1 fully saturated rings. The first-order valence-electron chi connectivity index (χ1n) is 9.48. The van der Waals surface area contributed by atoms with Crippen LogP contribution in [0.25, 0.3) is 0 Å². The molecule has 4 nitrogen and oxygen atoms in total. The minimum atomic E-state index is 0.306. The summed E-state index contributed by atoms with van der Waals surface area (Å²) in [6.45, 7) is 6.15. The van der Waals surface area contributed by atoms with Gasteiger partial charge in [-0.05, 0) is 43.5 Å². The van der Waals surface area contributed by atoms with E-state index in [2.05, 4.69) is 30.4 Å². The maximum Gasteiger partial charge on any atom is 0.222 e. The molecule has 1 aliphatic rings. The summed E-state index contributed by atoms with van der Waals surface area (Å²) < 4.78 is 6.06. The van der Waals surface area contributed by atoms with E-state index in [1.54, 1.807) is 0 Å². The molecule has 4 heteroatoms. The standard InChI is InChI=1S/C22H28N2O2/c1-18-8-2-3-10-20(18)17-26-21-11-5-4-9-19(21)16-23-13-7-15-24-14-6-12-22(24)25/h2-5,8-11,23H,6-7,12-17H2,1H3. The first-order valence-corrected chi connectivity index (χ1v) is 9.48. The van der Waals surface area contributed by atoms with Crippen molar-refractivity contribution in [2.75, 3.05) is 19.6 Å². The van der Waals surface area contributed by atoms with Crippen molar-refractivity contribution >= 4 is 5.91 Å². The van der Waals surface area contributed by atoms with Gasteiger partial charge in [-0.3, -0.25) is 4.79 Å². The van der Waals surface area contributed by atoms with Crippen molar-refractivity contribution in [1.29, 1.82) is 0 Å². The maximum atomic E-state index is 11.6. The number of hydrogen-bond acceptors (Lipinski definition) is 3. The molecule has 1 saturated heterocycles. The highest BCUT2D eigenvalue weighted by Crippen LogP contribution is 2.20. The fourth-order valence-corrected chi connectivity index (χ4v) is 3.28. The number of aryl methyl sites for hydroxylation is 1. The molecule has 26 heavy (non-hydrogen) atoms. The molecule has 0 bridgehead atoms. The molecule has 0 aromatic heterocycles. The van der Waals surface area contributed by atoms with Gasteiger partial charge in [-0.15, -0.1) is 0 Å². The lowest BCUT2D eigenvalue weighted by Gasteiger charge is -2.16. The molecule has 0 atom stereocenters. The summed E-state index contributed by atoms with van der Waals surface area (Å²) in [6, 6.07) is 16.5. The second-order valence-electron chi connectivity index (χ2n) is 6.84. The Hall–Kier alpha value is -2.33. The maximum absolute atomic E-state index is 11.6. The van der Waals surface area contributed by atoms with Crippen LogP contribution >= 0.6 is 0 Å². The minimum Gasteiger partial charge on any atom is -0.489 e. The molecule has 1 heterocycles. The molecule has 1 amide bonds. The monoisotopic (exact) mass is 352 g/mol. The second kappa shape index (κ2) is 9.39. The Kier molecular flexibility index (Phi) is 6.67. The molecule has 0 aliphatic carbocycles. The first-order chi connectivity index (χ1) is 12.7. The number of likely N-dealkylation sites (tertiary alicyclic amines) is 1. The molecule has 0 spiro atoms. The SMILES string of the molecule is Cc1ccccc1COc1ccccc1CNCCCN1CCCC1=O. The van der Waals surface area contributed by atoms with Crippen molar-refractivity contribution in [3.63, 3.8) is 0 Å². The number of nitrogens with one attached hydrogen (secondary N) is 1. The molecule has 1 aliphatic heterocycles. The lowest BCUT2D eigenvalue weighted by atomic mass is 10.1. The minimum absolute atomic E-state index is 0.306. The summed E-state index contributed by atoms with van der Waals surface area (Å²) in [4.78, 5) is 13.6. The van der Waals surface area contributed by atoms with Gasteiger partial charge < -0.3 is 15.0 Å². The molecular formula is C22H28N2O2. The van der Waals surface area contributed by atoms with Gasteiger partial charge in [0.15, 0.2) is 0 Å². The zero-order valence-corrected chi connectivity index (χ0v) is 15.5. The Morgan fingerprint density at radius 1 is 1.08 bits per heavy atom. The van der Waals surface area contributed by atoms with E-state index >= 15 is 0 Å². The van der Waals surface area contributed by atoms with Gasteiger partial charge in [0, 0.05) is 31.6 Å². The first kappa shape index (κ1) is 18.5. The van der Waals surface area contributed by atoms with Gasteiger partial charge in [-0.2, -0.15) is 0 Å². The normalized spacial score (nSPS) is 14.0. The molecule has 0 saturated carbocycles. The number of amides is 1. The van der Waals surface area contributed by atoms with E-state index in [1.807, 2.05) is 35.2 Å². The second-order valence-corrected chi connectivity index (χ2v) is 6.84. The van der Waals surface area contributed by atoms with Crippen LogP contribution < -0.4 is 10.1 Å². The van der Waals surface area contributed by atoms with Crippen LogP contribution in [0.15, 0.2) is 48.5 Å². The number of ether oxygens (including phenoxy) is 1. The van der Waals surface area contributed by atoms with Crippen LogP contribution in [-0.2, 0) is 17.9 Å². The van der Waals surface area contributed by atoms with Crippen LogP contribution in [0.4, 0.5) is 0 Å². The predicted molar refractivity (Wildman–Crippen MR) is 104 cm³/mol. The Morgan fingerprint density at radius 3 is 2.62 bits per heavy atom. The highest BCUT2D eigenvalue weighted by atomic mass is 16.5. The topological polar surface area (TPSA) is 41.6 Å². The summed E-state index contributed by atoms with van der Waals surface area (Å²) in [6.07, 6.45) is 2.72. The predicted octanol–water partition coefficient (Wildman–Crippen LogP) is 3.68. The number of carbonyl (C=O) groups is 1. The molecule has 3 rings (SSSR count). The van der Waals surface area contributed by atoms with E-state index in [0.29, 0.717) is 12.5 Å². The Bertz CT molecular complexity index is 730. The van der Waals surface area contributed by atoms with Crippen LogP contribution in [0.3, 0.4) is 0 Å². The van der Waals surface area contributed by atoms with Crippen LogP contribution in [0, 0.1) is 6.92 Å². The van der Waals surface area contributed by atoms with Crippen molar-refractivity contribution in [2.45, 2.75) is 39.3 Å². The highest BCUT2D eigenvalue weighted by Gasteiger charge is 2.18.